The maximum Gasteiger partial charge on any atom is 0.326 e. The molecule has 0 bridgehead atoms. The van der Waals surface area contributed by atoms with Crippen LogP contribution in [0.25, 0.3) is 0 Å². The molecule has 3 amide bonds. The van der Waals surface area contributed by atoms with Gasteiger partial charge < -0.3 is 21.5 Å². The van der Waals surface area contributed by atoms with Crippen LogP contribution < -0.4 is 16.4 Å². The summed E-state index contributed by atoms with van der Waals surface area (Å²) in [5.41, 5.74) is 5.00. The Kier molecular flexibility index (Phi) is 14.4. The topological polar surface area (TPSA) is 139 Å². The molecule has 0 aromatic rings. The molecule has 27 heavy (non-hydrogen) atoms. The first-order valence-electron chi connectivity index (χ1n) is 9.57. The van der Waals surface area contributed by atoms with Crippen LogP contribution in [-0.4, -0.2) is 41.4 Å². The van der Waals surface area contributed by atoms with Crippen LogP contribution in [0.4, 0.5) is 0 Å². The molecule has 0 spiro atoms. The molecule has 0 radical (unpaired) electrons. The lowest BCUT2D eigenvalue weighted by Gasteiger charge is -2.13. The number of carbonyl (C=O) groups is 4. The zero-order chi connectivity index (χ0) is 20.5. The zero-order valence-electron chi connectivity index (χ0n) is 16.0. The Morgan fingerprint density at radius 1 is 0.926 bits per heavy atom. The summed E-state index contributed by atoms with van der Waals surface area (Å²) < 4.78 is 0. The van der Waals surface area contributed by atoms with Gasteiger partial charge in [-0.1, -0.05) is 45.1 Å². The van der Waals surface area contributed by atoms with Crippen molar-refractivity contribution in [1.82, 2.24) is 10.6 Å². The number of carboxylic acids is 1. The van der Waals surface area contributed by atoms with E-state index in [1.807, 2.05) is 0 Å². The van der Waals surface area contributed by atoms with Crippen molar-refractivity contribution in [2.24, 2.45) is 5.73 Å². The molecule has 0 aliphatic carbocycles. The van der Waals surface area contributed by atoms with E-state index in [9.17, 15) is 19.2 Å². The highest BCUT2D eigenvalue weighted by molar-refractivity contribution is 5.86. The molecule has 0 saturated heterocycles. The lowest BCUT2D eigenvalue weighted by molar-refractivity contribution is -0.142. The standard InChI is InChI=1S/C19H33N3O5/c1-2-17(24)21-14-10-8-6-4-3-5-7-9-11-18(25)22-15(19(26)27)12-13-16(20)23/h2,15H,1,3-14H2,(H2,20,23)(H,21,24)(H,22,25)(H,26,27)/t15-/m0/s1. The Morgan fingerprint density at radius 2 is 1.48 bits per heavy atom. The first-order chi connectivity index (χ1) is 12.9. The van der Waals surface area contributed by atoms with E-state index in [1.165, 1.54) is 6.08 Å². The molecule has 0 unspecified atom stereocenters. The highest BCUT2D eigenvalue weighted by Crippen LogP contribution is 2.10. The summed E-state index contributed by atoms with van der Waals surface area (Å²) in [6.45, 7) is 4.07. The van der Waals surface area contributed by atoms with E-state index in [0.717, 1.165) is 44.9 Å². The molecule has 0 aromatic heterocycles. The van der Waals surface area contributed by atoms with Crippen LogP contribution in [0.3, 0.4) is 0 Å². The van der Waals surface area contributed by atoms with Gasteiger partial charge in [-0.05, 0) is 25.3 Å². The van der Waals surface area contributed by atoms with Gasteiger partial charge in [-0.2, -0.15) is 0 Å². The number of aliphatic carboxylic acids is 1. The van der Waals surface area contributed by atoms with Crippen LogP contribution in [0, 0.1) is 0 Å². The maximum absolute atomic E-state index is 11.8. The molecule has 5 N–H and O–H groups in total. The number of hydrogen-bond acceptors (Lipinski definition) is 4. The van der Waals surface area contributed by atoms with E-state index in [1.54, 1.807) is 0 Å². The molecule has 0 aromatic carbocycles. The van der Waals surface area contributed by atoms with E-state index in [0.29, 0.717) is 13.0 Å². The Balaban J connectivity index is 3.59. The van der Waals surface area contributed by atoms with Crippen molar-refractivity contribution in [3.63, 3.8) is 0 Å². The number of primary amides is 1. The molecule has 8 nitrogen and oxygen atoms in total. The molecule has 8 heteroatoms. The van der Waals surface area contributed by atoms with Gasteiger partial charge in [0.2, 0.25) is 17.7 Å². The number of carbonyl (C=O) groups excluding carboxylic acids is 3. The Bertz CT molecular complexity index is 494. The highest BCUT2D eigenvalue weighted by Gasteiger charge is 2.20. The molecule has 0 fully saturated rings. The van der Waals surface area contributed by atoms with Gasteiger partial charge in [0, 0.05) is 19.4 Å². The smallest absolute Gasteiger partial charge is 0.326 e. The van der Waals surface area contributed by atoms with Crippen molar-refractivity contribution >= 4 is 23.7 Å². The first-order valence-corrected chi connectivity index (χ1v) is 9.57. The summed E-state index contributed by atoms with van der Waals surface area (Å²) in [5.74, 6) is -2.19. The third-order valence-corrected chi connectivity index (χ3v) is 4.13. The van der Waals surface area contributed by atoms with Gasteiger partial charge in [0.1, 0.15) is 6.04 Å². The van der Waals surface area contributed by atoms with Gasteiger partial charge in [-0.15, -0.1) is 0 Å². The molecule has 0 aliphatic heterocycles. The number of rotatable bonds is 17. The molecular weight excluding hydrogens is 350 g/mol. The molecule has 0 heterocycles. The summed E-state index contributed by atoms with van der Waals surface area (Å²) in [6, 6.07) is -1.07. The van der Waals surface area contributed by atoms with E-state index < -0.39 is 17.9 Å². The van der Waals surface area contributed by atoms with Gasteiger partial charge in [-0.3, -0.25) is 14.4 Å². The summed E-state index contributed by atoms with van der Waals surface area (Å²) in [4.78, 5) is 44.5. The van der Waals surface area contributed by atoms with Crippen molar-refractivity contribution in [2.75, 3.05) is 6.54 Å². The summed E-state index contributed by atoms with van der Waals surface area (Å²) in [5, 5.41) is 14.2. The van der Waals surface area contributed by atoms with Crippen molar-refractivity contribution in [3.05, 3.63) is 12.7 Å². The minimum Gasteiger partial charge on any atom is -0.480 e. The molecule has 1 atom stereocenters. The van der Waals surface area contributed by atoms with E-state index in [2.05, 4.69) is 17.2 Å². The van der Waals surface area contributed by atoms with Crippen molar-refractivity contribution < 1.29 is 24.3 Å². The quantitative estimate of drug-likeness (QED) is 0.223. The minimum atomic E-state index is -1.16. The van der Waals surface area contributed by atoms with Gasteiger partial charge in [0.05, 0.1) is 0 Å². The third-order valence-electron chi connectivity index (χ3n) is 4.13. The van der Waals surface area contributed by atoms with Crippen LogP contribution >= 0.6 is 0 Å². The van der Waals surface area contributed by atoms with Crippen LogP contribution in [0.5, 0.6) is 0 Å². The number of unbranched alkanes of at least 4 members (excludes halogenated alkanes) is 7. The van der Waals surface area contributed by atoms with Gasteiger partial charge >= 0.3 is 5.97 Å². The zero-order valence-corrected chi connectivity index (χ0v) is 16.0. The fourth-order valence-electron chi connectivity index (χ4n) is 2.57. The van der Waals surface area contributed by atoms with Gasteiger partial charge in [0.25, 0.3) is 0 Å². The second-order valence-electron chi connectivity index (χ2n) is 6.54. The average Bonchev–Trinajstić information content (AvgIpc) is 2.62. The fourth-order valence-corrected chi connectivity index (χ4v) is 2.57. The van der Waals surface area contributed by atoms with Crippen molar-refractivity contribution in [1.29, 1.82) is 0 Å². The average molecular weight is 383 g/mol. The van der Waals surface area contributed by atoms with Crippen molar-refractivity contribution in [2.45, 2.75) is 76.7 Å². The second-order valence-corrected chi connectivity index (χ2v) is 6.54. The number of amides is 3. The Labute approximate surface area is 160 Å². The Hall–Kier alpha value is -2.38. The summed E-state index contributed by atoms with van der Waals surface area (Å²) >= 11 is 0. The molecule has 0 rings (SSSR count). The van der Waals surface area contributed by atoms with Crippen LogP contribution in [0.2, 0.25) is 0 Å². The first kappa shape index (κ1) is 24.6. The largest absolute Gasteiger partial charge is 0.480 e. The summed E-state index contributed by atoms with van der Waals surface area (Å²) in [6.07, 6.45) is 9.51. The number of hydrogen-bond donors (Lipinski definition) is 4. The van der Waals surface area contributed by atoms with Crippen LogP contribution in [0.1, 0.15) is 70.6 Å². The van der Waals surface area contributed by atoms with E-state index >= 15 is 0 Å². The fraction of sp³-hybridized carbons (Fsp3) is 0.684. The Morgan fingerprint density at radius 3 is 2.00 bits per heavy atom. The lowest BCUT2D eigenvalue weighted by Crippen LogP contribution is -2.41. The molecular formula is C19H33N3O5. The number of nitrogens with one attached hydrogen (secondary N) is 2. The molecule has 0 aliphatic rings. The van der Waals surface area contributed by atoms with Crippen LogP contribution in [0.15, 0.2) is 12.7 Å². The maximum atomic E-state index is 11.8. The van der Waals surface area contributed by atoms with Gasteiger partial charge in [-0.25, -0.2) is 4.79 Å². The highest BCUT2D eigenvalue weighted by atomic mass is 16.4. The predicted molar refractivity (Wildman–Crippen MR) is 103 cm³/mol. The van der Waals surface area contributed by atoms with Gasteiger partial charge in [0.15, 0.2) is 0 Å². The summed E-state index contributed by atoms with van der Waals surface area (Å²) in [7, 11) is 0. The molecule has 0 saturated carbocycles. The minimum absolute atomic E-state index is 0.00762. The van der Waals surface area contributed by atoms with E-state index in [4.69, 9.17) is 10.8 Å². The lowest BCUT2D eigenvalue weighted by atomic mass is 10.1. The van der Waals surface area contributed by atoms with E-state index in [-0.39, 0.29) is 31.1 Å². The monoisotopic (exact) mass is 383 g/mol. The normalized spacial score (nSPS) is 11.4. The van der Waals surface area contributed by atoms with Crippen molar-refractivity contribution in [3.8, 4) is 0 Å². The SMILES string of the molecule is C=CC(=O)NCCCCCCCCCCC(=O)N[C@@H](CCC(N)=O)C(=O)O. The number of nitrogens with two attached hydrogens (primary N) is 1. The molecule has 154 valence electrons. The second kappa shape index (κ2) is 15.8. The van der Waals surface area contributed by atoms with Crippen LogP contribution in [-0.2, 0) is 19.2 Å². The number of carboxylic acid groups (broad SMARTS) is 1. The predicted octanol–water partition coefficient (Wildman–Crippen LogP) is 1.63. The third kappa shape index (κ3) is 15.6.